The Kier molecular flexibility index (Phi) is 22.8. The van der Waals surface area contributed by atoms with Crippen LogP contribution in [0, 0.1) is 0 Å². The molecule has 0 aromatic carbocycles. The van der Waals surface area contributed by atoms with Crippen molar-refractivity contribution in [2.45, 2.75) is 129 Å². The van der Waals surface area contributed by atoms with Gasteiger partial charge in [0.2, 0.25) is 0 Å². The summed E-state index contributed by atoms with van der Waals surface area (Å²) in [6.45, 7) is 3.36. The van der Waals surface area contributed by atoms with E-state index < -0.39 is 0 Å². The lowest BCUT2D eigenvalue weighted by molar-refractivity contribution is -0.870. The van der Waals surface area contributed by atoms with E-state index in [2.05, 4.69) is 28.1 Å². The first-order valence-corrected chi connectivity index (χ1v) is 11.9. The van der Waals surface area contributed by atoms with Gasteiger partial charge in [-0.2, -0.15) is 0 Å². The Hall–Kier alpha value is 0.210. The van der Waals surface area contributed by atoms with Gasteiger partial charge in [-0.25, -0.2) is 0 Å². The van der Waals surface area contributed by atoms with E-state index in [4.69, 9.17) is 0 Å². The Labute approximate surface area is 178 Å². The van der Waals surface area contributed by atoms with Crippen molar-refractivity contribution in [3.63, 3.8) is 0 Å². The van der Waals surface area contributed by atoms with Gasteiger partial charge in [0.15, 0.2) is 0 Å². The minimum Gasteiger partial charge on any atom is -1.00 e. The third-order valence-electron chi connectivity index (χ3n) is 5.52. The largest absolute Gasteiger partial charge is 1.00 e. The number of halogens is 1. The molecular formula is C24H52ClNO. The number of rotatable bonds is 20. The Morgan fingerprint density at radius 1 is 0.556 bits per heavy atom. The predicted molar refractivity (Wildman–Crippen MR) is 118 cm³/mol. The first-order chi connectivity index (χ1) is 12.5. The van der Waals surface area contributed by atoms with Crippen LogP contribution in [0.3, 0.4) is 0 Å². The monoisotopic (exact) mass is 405 g/mol. The quantitative estimate of drug-likeness (QED) is 0.239. The van der Waals surface area contributed by atoms with Crippen LogP contribution < -0.4 is 12.4 Å². The van der Waals surface area contributed by atoms with Crippen molar-refractivity contribution in [2.24, 2.45) is 0 Å². The van der Waals surface area contributed by atoms with Crippen molar-refractivity contribution in [1.82, 2.24) is 0 Å². The Bertz CT molecular complexity index is 278. The van der Waals surface area contributed by atoms with Crippen LogP contribution in [0.5, 0.6) is 0 Å². The van der Waals surface area contributed by atoms with Gasteiger partial charge in [-0.1, -0.05) is 110 Å². The number of unbranched alkanes of at least 4 members (excludes halogenated alkanes) is 15. The molecule has 0 aliphatic carbocycles. The lowest BCUT2D eigenvalue weighted by Crippen LogP contribution is -3.00. The number of hydrogen-bond donors (Lipinski definition) is 1. The van der Waals surface area contributed by atoms with Gasteiger partial charge in [0.1, 0.15) is 0 Å². The lowest BCUT2D eigenvalue weighted by Gasteiger charge is -2.25. The van der Waals surface area contributed by atoms with Gasteiger partial charge in [0, 0.05) is 6.42 Å². The average Bonchev–Trinajstić information content (AvgIpc) is 2.59. The Morgan fingerprint density at radius 2 is 0.889 bits per heavy atom. The maximum atomic E-state index is 10.0. The van der Waals surface area contributed by atoms with E-state index in [1.165, 1.54) is 103 Å². The second-order valence-electron chi connectivity index (χ2n) is 9.55. The van der Waals surface area contributed by atoms with Crippen LogP contribution >= 0.6 is 0 Å². The summed E-state index contributed by atoms with van der Waals surface area (Å²) in [5.41, 5.74) is 0. The van der Waals surface area contributed by atoms with Crippen LogP contribution in [0.2, 0.25) is 0 Å². The van der Waals surface area contributed by atoms with Gasteiger partial charge in [0.05, 0.1) is 33.8 Å². The summed E-state index contributed by atoms with van der Waals surface area (Å²) in [6, 6.07) is 0. The molecule has 0 aliphatic rings. The molecular weight excluding hydrogens is 354 g/mol. The van der Waals surface area contributed by atoms with Crippen LogP contribution in [0.1, 0.15) is 122 Å². The van der Waals surface area contributed by atoms with Crippen LogP contribution in [-0.2, 0) is 0 Å². The molecule has 0 heterocycles. The summed E-state index contributed by atoms with van der Waals surface area (Å²) in [5, 5.41) is 10.0. The predicted octanol–water partition coefficient (Wildman–Crippen LogP) is 4.10. The molecule has 0 saturated carbocycles. The molecule has 0 saturated heterocycles. The molecule has 0 radical (unpaired) electrons. The molecule has 1 atom stereocenters. The molecule has 0 amide bonds. The van der Waals surface area contributed by atoms with Crippen molar-refractivity contribution in [3.8, 4) is 0 Å². The Morgan fingerprint density at radius 3 is 1.22 bits per heavy atom. The van der Waals surface area contributed by atoms with Crippen molar-refractivity contribution >= 4 is 0 Å². The molecule has 0 aromatic rings. The van der Waals surface area contributed by atoms with Gasteiger partial charge >= 0.3 is 0 Å². The van der Waals surface area contributed by atoms with Gasteiger partial charge < -0.3 is 22.0 Å². The van der Waals surface area contributed by atoms with Crippen LogP contribution in [0.15, 0.2) is 0 Å². The molecule has 1 N–H and O–H groups in total. The van der Waals surface area contributed by atoms with Crippen molar-refractivity contribution in [2.75, 3.05) is 27.7 Å². The van der Waals surface area contributed by atoms with Crippen LogP contribution in [0.25, 0.3) is 0 Å². The Balaban J connectivity index is 0. The molecule has 0 fully saturated rings. The fraction of sp³-hybridized carbons (Fsp3) is 1.00. The van der Waals surface area contributed by atoms with Gasteiger partial charge in [-0.15, -0.1) is 0 Å². The van der Waals surface area contributed by atoms with E-state index in [1.54, 1.807) is 0 Å². The normalized spacial score (nSPS) is 12.8. The summed E-state index contributed by atoms with van der Waals surface area (Å²) in [4.78, 5) is 0. The van der Waals surface area contributed by atoms with Gasteiger partial charge in [-0.3, -0.25) is 0 Å². The third kappa shape index (κ3) is 26.2. The van der Waals surface area contributed by atoms with Crippen LogP contribution in [0.4, 0.5) is 0 Å². The zero-order valence-electron chi connectivity index (χ0n) is 19.3. The first kappa shape index (κ1) is 29.4. The number of aliphatic hydroxyl groups is 1. The summed E-state index contributed by atoms with van der Waals surface area (Å²) in [5.74, 6) is 0. The highest BCUT2D eigenvalue weighted by Gasteiger charge is 2.11. The highest BCUT2D eigenvalue weighted by Crippen LogP contribution is 2.15. The molecule has 1 unspecified atom stereocenters. The minimum absolute atomic E-state index is 0. The smallest absolute Gasteiger partial charge is 0.0805 e. The fourth-order valence-electron chi connectivity index (χ4n) is 3.61. The number of hydrogen-bond acceptors (Lipinski definition) is 1. The maximum absolute atomic E-state index is 10.0. The first-order valence-electron chi connectivity index (χ1n) is 11.9. The molecule has 3 heteroatoms. The SMILES string of the molecule is CCCCCCCCCCCCCCCCCCC(O)CC[N+](C)(C)C.[Cl-]. The summed E-state index contributed by atoms with van der Waals surface area (Å²) in [6.07, 6.45) is 24.4. The molecule has 0 bridgehead atoms. The number of nitrogens with zero attached hydrogens (tertiary/aromatic N) is 1. The van der Waals surface area contributed by atoms with Crippen molar-refractivity contribution in [1.29, 1.82) is 0 Å². The van der Waals surface area contributed by atoms with Crippen LogP contribution in [-0.4, -0.2) is 43.4 Å². The van der Waals surface area contributed by atoms with E-state index in [9.17, 15) is 5.11 Å². The second-order valence-corrected chi connectivity index (χ2v) is 9.55. The molecule has 0 spiro atoms. The zero-order chi connectivity index (χ0) is 19.5. The standard InChI is InChI=1S/C24H52NO.ClH/c1-5-6-7-8-9-10-11-12-13-14-15-16-17-18-19-20-21-24(26)22-23-25(2,3)4;/h24,26H,5-23H2,1-4H3;1H/q+1;/p-1. The highest BCUT2D eigenvalue weighted by molar-refractivity contribution is 4.56. The summed E-state index contributed by atoms with van der Waals surface area (Å²) < 4.78 is 0.954. The number of aliphatic hydroxyl groups excluding tert-OH is 1. The molecule has 0 aromatic heterocycles. The third-order valence-corrected chi connectivity index (χ3v) is 5.52. The molecule has 0 aliphatic heterocycles. The highest BCUT2D eigenvalue weighted by atomic mass is 35.5. The average molecular weight is 406 g/mol. The summed E-state index contributed by atoms with van der Waals surface area (Å²) >= 11 is 0. The van der Waals surface area contributed by atoms with E-state index in [0.717, 1.165) is 23.9 Å². The molecule has 166 valence electrons. The second kappa shape index (κ2) is 20.9. The fourth-order valence-corrected chi connectivity index (χ4v) is 3.61. The summed E-state index contributed by atoms with van der Waals surface area (Å²) in [7, 11) is 6.59. The molecule has 0 rings (SSSR count). The lowest BCUT2D eigenvalue weighted by atomic mass is 10.0. The van der Waals surface area contributed by atoms with E-state index in [0.29, 0.717) is 0 Å². The minimum atomic E-state index is -0.0843. The van der Waals surface area contributed by atoms with E-state index in [-0.39, 0.29) is 18.5 Å². The number of quaternary nitrogens is 1. The topological polar surface area (TPSA) is 20.2 Å². The van der Waals surface area contributed by atoms with Crippen molar-refractivity contribution < 1.29 is 22.0 Å². The van der Waals surface area contributed by atoms with Gasteiger partial charge in [0.25, 0.3) is 0 Å². The maximum Gasteiger partial charge on any atom is 0.0805 e. The van der Waals surface area contributed by atoms with Crippen molar-refractivity contribution in [3.05, 3.63) is 0 Å². The van der Waals surface area contributed by atoms with Gasteiger partial charge in [-0.05, 0) is 6.42 Å². The molecule has 27 heavy (non-hydrogen) atoms. The zero-order valence-corrected chi connectivity index (χ0v) is 20.0. The van der Waals surface area contributed by atoms with E-state index >= 15 is 0 Å². The van der Waals surface area contributed by atoms with E-state index in [1.807, 2.05) is 0 Å². The molecule has 2 nitrogen and oxygen atoms in total.